The van der Waals surface area contributed by atoms with Gasteiger partial charge in [0.15, 0.2) is 11.6 Å². The van der Waals surface area contributed by atoms with Crippen molar-refractivity contribution in [2.75, 3.05) is 25.5 Å². The number of piperidine rings is 1. The van der Waals surface area contributed by atoms with E-state index in [0.717, 1.165) is 126 Å². The maximum atomic E-state index is 13.4. The Morgan fingerprint density at radius 2 is 0.781 bits per heavy atom. The average molecular weight is 1670 g/mol. The number of Topliss-reactive ketones (excluding diaryl/α,β-unsaturated/α-hetero) is 5. The number of halogens is 3. The maximum absolute atomic E-state index is 13.4. The summed E-state index contributed by atoms with van der Waals surface area (Å²) in [7, 11) is 0. The fraction of sp³-hybridized carbons (Fsp3) is 0.232. The molecule has 1 aliphatic heterocycles. The fourth-order valence-electron chi connectivity index (χ4n) is 12.5. The van der Waals surface area contributed by atoms with Crippen molar-refractivity contribution in [3.05, 3.63) is 248 Å². The third-order valence-corrected chi connectivity index (χ3v) is 17.4. The van der Waals surface area contributed by atoms with Crippen molar-refractivity contribution in [1.29, 1.82) is 21.0 Å². The molecule has 0 spiro atoms. The molecule has 18 nitrogen and oxygen atoms in total. The van der Waals surface area contributed by atoms with Crippen LogP contribution in [-0.4, -0.2) is 97.5 Å². The molecule has 0 amide bonds. The van der Waals surface area contributed by atoms with Crippen LogP contribution in [0.25, 0.3) is 66.9 Å². The number of benzene rings is 4. The van der Waals surface area contributed by atoms with Crippen molar-refractivity contribution >= 4 is 123 Å². The molecular formula is C82H80BrClIN13O5V2-2. The predicted octanol–water partition coefficient (Wildman–Crippen LogP) is 18.0. The van der Waals surface area contributed by atoms with Gasteiger partial charge in [-0.2, -0.15) is 21.0 Å². The molecule has 1 aliphatic rings. The Morgan fingerprint density at radius 1 is 0.467 bits per heavy atom. The number of hydrogen-bond donors (Lipinski definition) is 0. The first-order valence-corrected chi connectivity index (χ1v) is 34.8. The molecule has 13 rings (SSSR count). The maximum Gasteiger partial charge on any atom is 0.181 e. The number of aryl methyl sites for hydroxylation is 2. The van der Waals surface area contributed by atoms with Crippen LogP contribution in [-0.2, 0) is 70.8 Å². The van der Waals surface area contributed by atoms with Gasteiger partial charge in [0, 0.05) is 131 Å². The molecule has 4 aromatic carbocycles. The van der Waals surface area contributed by atoms with E-state index in [-0.39, 0.29) is 101 Å². The Kier molecular flexibility index (Phi) is 34.1. The van der Waals surface area contributed by atoms with E-state index < -0.39 is 0 Å². The van der Waals surface area contributed by atoms with Gasteiger partial charge >= 0.3 is 0 Å². The van der Waals surface area contributed by atoms with Crippen LogP contribution in [0.15, 0.2) is 163 Å². The number of alkyl halides is 1. The van der Waals surface area contributed by atoms with Gasteiger partial charge in [0.05, 0.1) is 114 Å². The van der Waals surface area contributed by atoms with E-state index >= 15 is 0 Å². The van der Waals surface area contributed by atoms with E-state index in [2.05, 4.69) is 85.2 Å². The van der Waals surface area contributed by atoms with Gasteiger partial charge in [-0.05, 0) is 240 Å². The van der Waals surface area contributed by atoms with E-state index in [1.807, 2.05) is 150 Å². The number of likely N-dealkylation sites (tertiary alicyclic amines) is 1. The zero-order valence-electron chi connectivity index (χ0n) is 58.2. The van der Waals surface area contributed by atoms with E-state index in [1.165, 1.54) is 13.3 Å². The zero-order chi connectivity index (χ0) is 71.9. The molecule has 12 aromatic rings. The number of rotatable bonds is 15. The van der Waals surface area contributed by atoms with E-state index in [0.29, 0.717) is 63.8 Å². The van der Waals surface area contributed by atoms with Gasteiger partial charge in [0.2, 0.25) is 0 Å². The summed E-state index contributed by atoms with van der Waals surface area (Å²) in [6.45, 7) is 14.8. The van der Waals surface area contributed by atoms with Crippen molar-refractivity contribution in [2.45, 2.75) is 102 Å². The SMILES string of the molecule is C.C.CC(=O)Cc1cnc2c(C(=O)CCl)c(C)n(-c3ccc(C#N)cc3)c2c1.CC(=O)Cc1cnc2c(C(=O)CN3CCCCC3)c(C)n(-c3ccc(C#N)cc3)c2c1.CC(=O)Cc1cnc2cc(C)n(-c3ccc(C#N)cc3)c2c1.Cc1cc2ncc(Br)cc2n1-c1ccc(C#N)cc1.[CH2-]I.[CH3-].[V].[V]. The Bertz CT molecular complexity index is 5270. The third kappa shape index (κ3) is 21.0. The van der Waals surface area contributed by atoms with Gasteiger partial charge in [-0.3, -0.25) is 53.7 Å². The number of hydrogen-bond acceptors (Lipinski definition) is 14. The molecule has 536 valence electrons. The molecule has 0 atom stereocenters. The van der Waals surface area contributed by atoms with Crippen LogP contribution < -0.4 is 0 Å². The first kappa shape index (κ1) is 88.0. The Hall–Kier alpha value is -9.42. The monoisotopic (exact) mass is 1670 g/mol. The number of pyridine rings is 4. The van der Waals surface area contributed by atoms with Gasteiger partial charge in [-0.25, -0.2) is 0 Å². The number of carbonyl (C=O) groups is 5. The van der Waals surface area contributed by atoms with Crippen LogP contribution >= 0.6 is 50.1 Å². The summed E-state index contributed by atoms with van der Waals surface area (Å²) in [5, 5.41) is 35.9. The summed E-state index contributed by atoms with van der Waals surface area (Å²) in [5.41, 5.74) is 20.1. The quantitative estimate of drug-likeness (QED) is 0.0400. The minimum atomic E-state index is -0.201. The largest absolute Gasteiger partial charge is 0.358 e. The van der Waals surface area contributed by atoms with E-state index in [4.69, 9.17) is 32.6 Å². The van der Waals surface area contributed by atoms with Crippen molar-refractivity contribution in [3.63, 3.8) is 0 Å². The molecule has 8 aromatic heterocycles. The van der Waals surface area contributed by atoms with Crippen LogP contribution in [0.5, 0.6) is 0 Å². The first-order valence-electron chi connectivity index (χ1n) is 31.9. The minimum absolute atomic E-state index is 0. The second-order valence-electron chi connectivity index (χ2n) is 24.2. The van der Waals surface area contributed by atoms with Gasteiger partial charge < -0.3 is 48.3 Å². The van der Waals surface area contributed by atoms with Gasteiger partial charge in [0.1, 0.15) is 17.3 Å². The Morgan fingerprint density at radius 3 is 1.12 bits per heavy atom. The van der Waals surface area contributed by atoms with Crippen LogP contribution in [0.1, 0.15) is 137 Å². The standard InChI is InChI=1S/C25H26N4O2.C20H16ClN3O2.C18H15N3O.C15H10BrN3.CH2I.2CH4.CH3.2V/c1-17(30)12-20-13-22-25(27-15-20)24(23(31)16-28-10-4-3-5-11-28)18(2)29(22)21-8-6-19(14-26)7-9-21;1-12(25)7-15-8-17-20(23-11-15)19(18(26)9-21)13(2)24(17)16-5-3-14(10-22)4-6-16;1-12-7-17-18(9-15(11-20-17)8-13(2)22)21(12)16-5-3-14(10-19)4-6-16;1-10-6-14-15(7-12(16)9-18-14)19(10)13-4-2-11(8-17)3-5-13;1-2;;;;;/h6-9,13,15H,3-5,10-12,16H2,1-2H3;3-6,8,11H,7,9H2,1-2H3;3-7,9,11H,8H2,1-2H3;2-7,9H,1H3;1H2;2*1H4;1H3;;/q;;;;-1;;;-1;;. The van der Waals surface area contributed by atoms with Gasteiger partial charge in [0.25, 0.3) is 0 Å². The number of aromatic nitrogens is 8. The first-order chi connectivity index (χ1) is 48.2. The molecule has 1 saturated heterocycles. The second-order valence-corrected chi connectivity index (χ2v) is 25.3. The van der Waals surface area contributed by atoms with Crippen LogP contribution in [0.2, 0.25) is 0 Å². The van der Waals surface area contributed by atoms with Gasteiger partial charge in [-0.15, -0.1) is 11.6 Å². The van der Waals surface area contributed by atoms with Crippen molar-refractivity contribution in [2.24, 2.45) is 0 Å². The molecule has 2 radical (unpaired) electrons. The zero-order valence-corrected chi connectivity index (χ0v) is 65.5. The Labute approximate surface area is 665 Å². The normalized spacial score (nSPS) is 11.1. The van der Waals surface area contributed by atoms with Crippen LogP contribution in [0.4, 0.5) is 0 Å². The molecule has 0 unspecified atom stereocenters. The van der Waals surface area contributed by atoms with Crippen LogP contribution in [0, 0.1) is 85.4 Å². The predicted molar refractivity (Wildman–Crippen MR) is 422 cm³/mol. The summed E-state index contributed by atoms with van der Waals surface area (Å²) in [4.78, 5) is 83.5. The number of nitrogens with zero attached hydrogens (tertiary/aromatic N) is 13. The minimum Gasteiger partial charge on any atom is -0.358 e. The Balaban J connectivity index is 0.000000293. The van der Waals surface area contributed by atoms with Crippen LogP contribution in [0.3, 0.4) is 0 Å². The summed E-state index contributed by atoms with van der Waals surface area (Å²) < 4.78 is 9.10. The molecule has 23 heteroatoms. The molecule has 0 saturated carbocycles. The molecule has 1 fully saturated rings. The fourth-order valence-corrected chi connectivity index (χ4v) is 12.9. The molecule has 0 aliphatic carbocycles. The number of fused-ring (bicyclic) bond motifs is 4. The van der Waals surface area contributed by atoms with Gasteiger partial charge in [-0.1, -0.05) is 21.3 Å². The average Bonchev–Trinajstić information content (AvgIpc) is 1.61. The van der Waals surface area contributed by atoms with E-state index in [1.54, 1.807) is 75.0 Å². The number of nitriles is 4. The third-order valence-electron chi connectivity index (χ3n) is 16.8. The molecule has 0 bridgehead atoms. The van der Waals surface area contributed by atoms with Crippen molar-refractivity contribution in [3.8, 4) is 47.0 Å². The van der Waals surface area contributed by atoms with Crippen molar-refractivity contribution < 1.29 is 61.1 Å². The molecular weight excluding hydrogens is 1590 g/mol. The molecule has 9 heterocycles. The summed E-state index contributed by atoms with van der Waals surface area (Å²) in [5.74, 6) is -0.0389. The van der Waals surface area contributed by atoms with E-state index in [9.17, 15) is 24.0 Å². The molecule has 105 heavy (non-hydrogen) atoms. The second kappa shape index (κ2) is 40.7. The number of carbonyl (C=O) groups excluding carboxylic acids is 5. The smallest absolute Gasteiger partial charge is 0.181 e. The number of ketones is 5. The summed E-state index contributed by atoms with van der Waals surface area (Å²) in [6, 6.07) is 49.8. The molecule has 0 N–H and O–H groups in total. The van der Waals surface area contributed by atoms with Crippen molar-refractivity contribution in [1.82, 2.24) is 43.1 Å². The summed E-state index contributed by atoms with van der Waals surface area (Å²) >= 11 is 11.1. The topological polar surface area (TPSA) is 255 Å². The summed E-state index contributed by atoms with van der Waals surface area (Å²) in [6.07, 6.45) is 11.3.